The lowest BCUT2D eigenvalue weighted by molar-refractivity contribution is -0.142. The van der Waals surface area contributed by atoms with E-state index >= 15 is 0 Å². The number of nitrogens with one attached hydrogen (secondary N) is 2. The van der Waals surface area contributed by atoms with Gasteiger partial charge in [-0.3, -0.25) is 9.59 Å². The summed E-state index contributed by atoms with van der Waals surface area (Å²) in [4.78, 5) is 35.4. The fourth-order valence-corrected chi connectivity index (χ4v) is 3.08. The summed E-state index contributed by atoms with van der Waals surface area (Å²) >= 11 is 0. The van der Waals surface area contributed by atoms with Crippen LogP contribution < -0.4 is 10.6 Å². The van der Waals surface area contributed by atoms with E-state index in [0.29, 0.717) is 11.4 Å². The van der Waals surface area contributed by atoms with Crippen molar-refractivity contribution in [1.82, 2.24) is 4.57 Å². The van der Waals surface area contributed by atoms with Gasteiger partial charge >= 0.3 is 5.97 Å². The summed E-state index contributed by atoms with van der Waals surface area (Å²) in [5, 5.41) is 14.6. The molecular formula is C23H26N4O4. The predicted octanol–water partition coefficient (Wildman–Crippen LogP) is 3.56. The standard InChI is InChI=1S/C23H26N4O4/c1-5-10-27-15(2)11-18(16(27)3)12-19(13-24)23(30)31-14-22(29)26-21-8-6-20(7-9-21)25-17(4)28/h6-9,11-12H,5,10,14H2,1-4H3,(H,25,28)(H,26,29)/b19-12+. The van der Waals surface area contributed by atoms with Crippen LogP contribution in [0.4, 0.5) is 11.4 Å². The molecule has 0 aliphatic carbocycles. The zero-order valence-electron chi connectivity index (χ0n) is 18.1. The molecule has 0 spiro atoms. The summed E-state index contributed by atoms with van der Waals surface area (Å²) in [5.41, 5.74) is 3.67. The Labute approximate surface area is 181 Å². The van der Waals surface area contributed by atoms with Crippen molar-refractivity contribution in [3.8, 4) is 6.07 Å². The Morgan fingerprint density at radius 1 is 1.13 bits per heavy atom. The number of nitrogens with zero attached hydrogens (tertiary/aromatic N) is 2. The number of carbonyl (C=O) groups excluding carboxylic acids is 3. The van der Waals surface area contributed by atoms with Crippen LogP contribution in [-0.2, 0) is 25.7 Å². The monoisotopic (exact) mass is 422 g/mol. The Balaban J connectivity index is 1.98. The van der Waals surface area contributed by atoms with Crippen molar-refractivity contribution < 1.29 is 19.1 Å². The van der Waals surface area contributed by atoms with E-state index in [-0.39, 0.29) is 11.5 Å². The number of carbonyl (C=O) groups is 3. The van der Waals surface area contributed by atoms with E-state index in [1.165, 1.54) is 13.0 Å². The molecule has 1 aromatic heterocycles. The Morgan fingerprint density at radius 3 is 2.29 bits per heavy atom. The lowest BCUT2D eigenvalue weighted by atomic mass is 10.1. The van der Waals surface area contributed by atoms with Crippen LogP contribution >= 0.6 is 0 Å². The van der Waals surface area contributed by atoms with Crippen LogP contribution in [-0.4, -0.2) is 29.0 Å². The first-order valence-electron chi connectivity index (χ1n) is 9.88. The number of aromatic nitrogens is 1. The van der Waals surface area contributed by atoms with Crippen molar-refractivity contribution in [2.24, 2.45) is 0 Å². The molecule has 8 nitrogen and oxygen atoms in total. The summed E-state index contributed by atoms with van der Waals surface area (Å²) in [7, 11) is 0. The van der Waals surface area contributed by atoms with Gasteiger partial charge in [-0.1, -0.05) is 6.92 Å². The Bertz CT molecular complexity index is 1040. The normalized spacial score (nSPS) is 10.9. The van der Waals surface area contributed by atoms with Gasteiger partial charge in [0.2, 0.25) is 5.91 Å². The van der Waals surface area contributed by atoms with Gasteiger partial charge in [-0.25, -0.2) is 4.79 Å². The summed E-state index contributed by atoms with van der Waals surface area (Å²) in [6.07, 6.45) is 2.45. The third kappa shape index (κ3) is 6.57. The molecule has 0 aliphatic heterocycles. The third-order valence-electron chi connectivity index (χ3n) is 4.52. The number of hydrogen-bond donors (Lipinski definition) is 2. The van der Waals surface area contributed by atoms with Crippen LogP contribution in [0.15, 0.2) is 35.9 Å². The smallest absolute Gasteiger partial charge is 0.349 e. The quantitative estimate of drug-likeness (QED) is 0.384. The zero-order chi connectivity index (χ0) is 23.0. The Kier molecular flexibility index (Phi) is 8.15. The number of rotatable bonds is 8. The molecule has 31 heavy (non-hydrogen) atoms. The molecule has 0 atom stereocenters. The number of hydrogen-bond acceptors (Lipinski definition) is 5. The maximum Gasteiger partial charge on any atom is 0.349 e. The first-order valence-corrected chi connectivity index (χ1v) is 9.88. The SMILES string of the molecule is CCCn1c(C)cc(/C=C(\C#N)C(=O)OCC(=O)Nc2ccc(NC(C)=O)cc2)c1C. The lowest BCUT2D eigenvalue weighted by Gasteiger charge is -2.08. The molecule has 2 amide bonds. The molecule has 0 saturated heterocycles. The second kappa shape index (κ2) is 10.8. The highest BCUT2D eigenvalue weighted by Crippen LogP contribution is 2.19. The molecule has 0 saturated carbocycles. The van der Waals surface area contributed by atoms with Gasteiger partial charge in [0.05, 0.1) is 0 Å². The van der Waals surface area contributed by atoms with E-state index in [4.69, 9.17) is 4.74 Å². The molecule has 0 fully saturated rings. The Morgan fingerprint density at radius 2 is 1.74 bits per heavy atom. The highest BCUT2D eigenvalue weighted by molar-refractivity contribution is 6.00. The molecule has 1 heterocycles. The minimum Gasteiger partial charge on any atom is -0.451 e. The van der Waals surface area contributed by atoms with Crippen molar-refractivity contribution in [3.05, 3.63) is 52.9 Å². The molecule has 2 rings (SSSR count). The highest BCUT2D eigenvalue weighted by Gasteiger charge is 2.15. The van der Waals surface area contributed by atoms with Crippen LogP contribution in [0.2, 0.25) is 0 Å². The molecule has 0 bridgehead atoms. The van der Waals surface area contributed by atoms with Gasteiger partial charge in [0, 0.05) is 36.2 Å². The van der Waals surface area contributed by atoms with Crippen molar-refractivity contribution in [2.75, 3.05) is 17.2 Å². The van der Waals surface area contributed by atoms with Gasteiger partial charge in [-0.2, -0.15) is 5.26 Å². The minimum absolute atomic E-state index is 0.177. The first-order chi connectivity index (χ1) is 14.7. The Hall–Kier alpha value is -3.86. The highest BCUT2D eigenvalue weighted by atomic mass is 16.5. The van der Waals surface area contributed by atoms with Crippen molar-refractivity contribution >= 4 is 35.2 Å². The first kappa shape index (κ1) is 23.4. The van der Waals surface area contributed by atoms with Crippen molar-refractivity contribution in [2.45, 2.75) is 40.7 Å². The molecule has 2 N–H and O–H groups in total. The topological polar surface area (TPSA) is 113 Å². The maximum absolute atomic E-state index is 12.3. The van der Waals surface area contributed by atoms with Gasteiger partial charge in [0.15, 0.2) is 6.61 Å². The number of nitriles is 1. The van der Waals surface area contributed by atoms with Gasteiger partial charge in [-0.05, 0) is 62.2 Å². The van der Waals surface area contributed by atoms with Gasteiger partial charge in [-0.15, -0.1) is 0 Å². The summed E-state index contributed by atoms with van der Waals surface area (Å²) in [6, 6.07) is 10.2. The molecule has 2 aromatic rings. The van der Waals surface area contributed by atoms with Gasteiger partial charge in [0.1, 0.15) is 11.6 Å². The van der Waals surface area contributed by atoms with Crippen molar-refractivity contribution in [1.29, 1.82) is 5.26 Å². The zero-order valence-corrected chi connectivity index (χ0v) is 18.1. The van der Waals surface area contributed by atoms with E-state index in [9.17, 15) is 19.6 Å². The summed E-state index contributed by atoms with van der Waals surface area (Å²) in [5.74, 6) is -1.60. The van der Waals surface area contributed by atoms with Gasteiger partial charge < -0.3 is 19.9 Å². The van der Waals surface area contributed by atoms with Crippen molar-refractivity contribution in [3.63, 3.8) is 0 Å². The fraction of sp³-hybridized carbons (Fsp3) is 0.304. The van der Waals surface area contributed by atoms with Crippen LogP contribution in [0.5, 0.6) is 0 Å². The van der Waals surface area contributed by atoms with E-state index in [2.05, 4.69) is 22.1 Å². The number of anilines is 2. The number of benzene rings is 1. The van der Waals surface area contributed by atoms with E-state index in [0.717, 1.165) is 29.9 Å². The van der Waals surface area contributed by atoms with E-state index < -0.39 is 18.5 Å². The van der Waals surface area contributed by atoms with Gasteiger partial charge in [0.25, 0.3) is 5.91 Å². The van der Waals surface area contributed by atoms with E-state index in [1.54, 1.807) is 24.3 Å². The fourth-order valence-electron chi connectivity index (χ4n) is 3.08. The average molecular weight is 422 g/mol. The number of amides is 2. The van der Waals surface area contributed by atoms with Crippen LogP contribution in [0.25, 0.3) is 6.08 Å². The number of aryl methyl sites for hydroxylation is 1. The molecule has 1 aromatic carbocycles. The average Bonchev–Trinajstić information content (AvgIpc) is 2.99. The van der Waals surface area contributed by atoms with Crippen LogP contribution in [0.1, 0.15) is 37.2 Å². The van der Waals surface area contributed by atoms with Crippen LogP contribution in [0, 0.1) is 25.2 Å². The second-order valence-corrected chi connectivity index (χ2v) is 7.03. The molecule has 0 unspecified atom stereocenters. The number of esters is 1. The molecule has 0 aliphatic rings. The molecule has 8 heteroatoms. The molecular weight excluding hydrogens is 396 g/mol. The molecule has 162 valence electrons. The maximum atomic E-state index is 12.3. The summed E-state index contributed by atoms with van der Waals surface area (Å²) in [6.45, 7) is 7.70. The predicted molar refractivity (Wildman–Crippen MR) is 118 cm³/mol. The van der Waals surface area contributed by atoms with E-state index in [1.807, 2.05) is 26.0 Å². The lowest BCUT2D eigenvalue weighted by Crippen LogP contribution is -2.21. The minimum atomic E-state index is -0.862. The van der Waals surface area contributed by atoms with Crippen LogP contribution in [0.3, 0.4) is 0 Å². The number of ether oxygens (including phenoxy) is 1. The molecule has 0 radical (unpaired) electrons. The third-order valence-corrected chi connectivity index (χ3v) is 4.52. The largest absolute Gasteiger partial charge is 0.451 e. The second-order valence-electron chi connectivity index (χ2n) is 7.03. The summed E-state index contributed by atoms with van der Waals surface area (Å²) < 4.78 is 7.12.